The van der Waals surface area contributed by atoms with E-state index in [0.717, 1.165) is 11.0 Å². The maximum atomic E-state index is 9.11. The molecule has 0 aliphatic rings. The van der Waals surface area contributed by atoms with Gasteiger partial charge in [0.2, 0.25) is 0 Å². The second-order valence-electron chi connectivity index (χ2n) is 3.65. The normalized spacial score (nSPS) is 13.5. The van der Waals surface area contributed by atoms with Gasteiger partial charge in [-0.05, 0) is 27.9 Å². The number of hydrogen-bond acceptors (Lipinski definition) is 3. The van der Waals surface area contributed by atoms with Gasteiger partial charge in [0.25, 0.3) is 0 Å². The molecule has 0 fully saturated rings. The van der Waals surface area contributed by atoms with Gasteiger partial charge in [-0.1, -0.05) is 13.8 Å². The lowest BCUT2D eigenvalue weighted by atomic mass is 10.1. The zero-order valence-corrected chi connectivity index (χ0v) is 10.9. The van der Waals surface area contributed by atoms with E-state index in [1.54, 1.807) is 11.3 Å². The van der Waals surface area contributed by atoms with Crippen molar-refractivity contribution in [1.82, 2.24) is 5.32 Å². The first kappa shape index (κ1) is 12.2. The van der Waals surface area contributed by atoms with E-state index >= 15 is 0 Å². The van der Waals surface area contributed by atoms with Crippen molar-refractivity contribution in [2.45, 2.75) is 26.4 Å². The Labute approximate surface area is 97.5 Å². The first-order chi connectivity index (χ1) is 6.63. The van der Waals surface area contributed by atoms with Crippen molar-refractivity contribution in [2.24, 2.45) is 5.92 Å². The summed E-state index contributed by atoms with van der Waals surface area (Å²) in [5, 5.41) is 14.5. The molecule has 14 heavy (non-hydrogen) atoms. The van der Waals surface area contributed by atoms with E-state index < -0.39 is 0 Å². The van der Waals surface area contributed by atoms with E-state index in [1.165, 1.54) is 4.88 Å². The Balaban J connectivity index is 2.39. The number of hydrogen-bond donors (Lipinski definition) is 2. The molecular formula is C10H16BrNOS. The Kier molecular flexibility index (Phi) is 5.09. The Bertz CT molecular complexity index is 275. The highest BCUT2D eigenvalue weighted by Crippen LogP contribution is 2.19. The van der Waals surface area contributed by atoms with Crippen molar-refractivity contribution in [1.29, 1.82) is 0 Å². The molecular weight excluding hydrogens is 262 g/mol. The summed E-state index contributed by atoms with van der Waals surface area (Å²) in [5.41, 5.74) is 0. The minimum absolute atomic E-state index is 0.191. The second kappa shape index (κ2) is 5.85. The minimum Gasteiger partial charge on any atom is -0.395 e. The van der Waals surface area contributed by atoms with Crippen LogP contribution >= 0.6 is 27.3 Å². The molecule has 80 valence electrons. The summed E-state index contributed by atoms with van der Waals surface area (Å²) in [6.45, 7) is 5.25. The molecule has 0 radical (unpaired) electrons. The molecule has 0 saturated heterocycles. The molecule has 0 amide bonds. The van der Waals surface area contributed by atoms with E-state index in [-0.39, 0.29) is 12.6 Å². The number of thiophene rings is 1. The average Bonchev–Trinajstić information content (AvgIpc) is 2.52. The summed E-state index contributed by atoms with van der Waals surface area (Å²) < 4.78 is 1.13. The van der Waals surface area contributed by atoms with Gasteiger partial charge in [-0.2, -0.15) is 0 Å². The van der Waals surface area contributed by atoms with Crippen LogP contribution in [0.2, 0.25) is 0 Å². The number of aliphatic hydroxyl groups excluding tert-OH is 1. The zero-order valence-electron chi connectivity index (χ0n) is 8.46. The number of nitrogens with one attached hydrogen (secondary N) is 1. The highest BCUT2D eigenvalue weighted by molar-refractivity contribution is 9.10. The monoisotopic (exact) mass is 277 g/mol. The smallest absolute Gasteiger partial charge is 0.0587 e. The molecule has 1 aromatic rings. The van der Waals surface area contributed by atoms with Crippen molar-refractivity contribution in [3.05, 3.63) is 20.8 Å². The van der Waals surface area contributed by atoms with Gasteiger partial charge in [-0.15, -0.1) is 11.3 Å². The summed E-state index contributed by atoms with van der Waals surface area (Å²) in [7, 11) is 0. The number of aliphatic hydroxyl groups is 1. The molecule has 0 aromatic carbocycles. The van der Waals surface area contributed by atoms with Crippen molar-refractivity contribution in [3.63, 3.8) is 0 Å². The molecule has 0 aliphatic carbocycles. The summed E-state index contributed by atoms with van der Waals surface area (Å²) in [5.74, 6) is 0.461. The van der Waals surface area contributed by atoms with Crippen LogP contribution in [0.1, 0.15) is 18.7 Å². The van der Waals surface area contributed by atoms with Crippen molar-refractivity contribution >= 4 is 27.3 Å². The third-order valence-electron chi connectivity index (χ3n) is 2.16. The molecule has 2 nitrogen and oxygen atoms in total. The average molecular weight is 278 g/mol. The first-order valence-electron chi connectivity index (χ1n) is 4.70. The molecule has 1 aromatic heterocycles. The lowest BCUT2D eigenvalue weighted by molar-refractivity contribution is 0.210. The van der Waals surface area contributed by atoms with E-state index in [4.69, 9.17) is 5.11 Å². The second-order valence-corrected chi connectivity index (χ2v) is 5.56. The maximum Gasteiger partial charge on any atom is 0.0587 e. The number of rotatable bonds is 5. The molecule has 1 unspecified atom stereocenters. The molecule has 1 heterocycles. The number of halogens is 1. The maximum absolute atomic E-state index is 9.11. The van der Waals surface area contributed by atoms with Gasteiger partial charge >= 0.3 is 0 Å². The van der Waals surface area contributed by atoms with Gasteiger partial charge in [0.05, 0.1) is 6.61 Å². The fourth-order valence-electron chi connectivity index (χ4n) is 1.19. The van der Waals surface area contributed by atoms with Crippen molar-refractivity contribution < 1.29 is 5.11 Å². The molecule has 2 N–H and O–H groups in total. The van der Waals surface area contributed by atoms with Crippen molar-refractivity contribution in [3.8, 4) is 0 Å². The van der Waals surface area contributed by atoms with Gasteiger partial charge < -0.3 is 10.4 Å². The van der Waals surface area contributed by atoms with Gasteiger partial charge in [0.1, 0.15) is 0 Å². The van der Waals surface area contributed by atoms with Crippen LogP contribution in [-0.2, 0) is 6.54 Å². The van der Waals surface area contributed by atoms with Crippen LogP contribution < -0.4 is 5.32 Å². The lowest BCUT2D eigenvalue weighted by Gasteiger charge is -2.19. The van der Waals surface area contributed by atoms with E-state index in [1.807, 2.05) is 0 Å². The predicted molar refractivity (Wildman–Crippen MR) is 64.6 cm³/mol. The highest BCUT2D eigenvalue weighted by atomic mass is 79.9. The SMILES string of the molecule is CC(C)C(CO)NCc1cc(Br)cs1. The van der Waals surface area contributed by atoms with E-state index in [2.05, 4.69) is 46.5 Å². The zero-order chi connectivity index (χ0) is 10.6. The van der Waals surface area contributed by atoms with Crippen molar-refractivity contribution in [2.75, 3.05) is 6.61 Å². The quantitative estimate of drug-likeness (QED) is 0.867. The highest BCUT2D eigenvalue weighted by Gasteiger charge is 2.11. The van der Waals surface area contributed by atoms with Crippen LogP contribution in [0.5, 0.6) is 0 Å². The summed E-state index contributed by atoms with van der Waals surface area (Å²) >= 11 is 5.14. The summed E-state index contributed by atoms with van der Waals surface area (Å²) in [6.07, 6.45) is 0. The van der Waals surface area contributed by atoms with Crippen LogP contribution in [0.3, 0.4) is 0 Å². The van der Waals surface area contributed by atoms with Gasteiger partial charge in [0.15, 0.2) is 0 Å². The van der Waals surface area contributed by atoms with Crippen LogP contribution in [-0.4, -0.2) is 17.8 Å². The van der Waals surface area contributed by atoms with Gasteiger partial charge in [-0.3, -0.25) is 0 Å². The topological polar surface area (TPSA) is 32.3 Å². The molecule has 0 bridgehead atoms. The minimum atomic E-state index is 0.191. The van der Waals surface area contributed by atoms with Gasteiger partial charge in [0, 0.05) is 27.3 Å². The third kappa shape index (κ3) is 3.69. The first-order valence-corrected chi connectivity index (χ1v) is 6.38. The fourth-order valence-corrected chi connectivity index (χ4v) is 2.59. The molecule has 0 saturated carbocycles. The summed E-state index contributed by atoms with van der Waals surface area (Å²) in [4.78, 5) is 1.29. The largest absolute Gasteiger partial charge is 0.395 e. The van der Waals surface area contributed by atoms with Crippen LogP contribution in [0.25, 0.3) is 0 Å². The van der Waals surface area contributed by atoms with E-state index in [0.29, 0.717) is 5.92 Å². The Morgan fingerprint density at radius 3 is 2.71 bits per heavy atom. The van der Waals surface area contributed by atoms with E-state index in [9.17, 15) is 0 Å². The molecule has 4 heteroatoms. The Hall–Kier alpha value is 0.1000. The predicted octanol–water partition coefficient (Wildman–Crippen LogP) is 2.62. The Morgan fingerprint density at radius 1 is 1.57 bits per heavy atom. The molecule has 0 spiro atoms. The summed E-state index contributed by atoms with van der Waals surface area (Å²) in [6, 6.07) is 2.29. The fraction of sp³-hybridized carbons (Fsp3) is 0.600. The van der Waals surface area contributed by atoms with Gasteiger partial charge in [-0.25, -0.2) is 0 Å². The van der Waals surface area contributed by atoms with Crippen LogP contribution in [0.4, 0.5) is 0 Å². The standard InChI is InChI=1S/C10H16BrNOS/c1-7(2)10(5-13)12-4-9-3-8(11)6-14-9/h3,6-7,10,12-13H,4-5H2,1-2H3. The Morgan fingerprint density at radius 2 is 2.29 bits per heavy atom. The molecule has 1 rings (SSSR count). The molecule has 1 atom stereocenters. The van der Waals surface area contributed by atoms with Crippen LogP contribution in [0.15, 0.2) is 15.9 Å². The molecule has 0 aliphatic heterocycles. The third-order valence-corrected chi connectivity index (χ3v) is 3.86. The van der Waals surface area contributed by atoms with Crippen LogP contribution in [0, 0.1) is 5.92 Å². The lowest BCUT2D eigenvalue weighted by Crippen LogP contribution is -2.36.